The van der Waals surface area contributed by atoms with Crippen molar-refractivity contribution < 1.29 is 13.6 Å². The van der Waals surface area contributed by atoms with E-state index in [1.54, 1.807) is 4.90 Å². The van der Waals surface area contributed by atoms with Crippen LogP contribution in [0.1, 0.15) is 47.1 Å². The van der Waals surface area contributed by atoms with Gasteiger partial charge in [-0.25, -0.2) is 4.68 Å². The number of pyridine rings is 1. The van der Waals surface area contributed by atoms with Crippen molar-refractivity contribution in [3.05, 3.63) is 59.7 Å². The number of rotatable bonds is 3. The smallest absolute Gasteiger partial charge is 0.333 e. The molecule has 4 rings (SSSR count). The van der Waals surface area contributed by atoms with Crippen LogP contribution >= 0.6 is 0 Å². The molecule has 0 spiro atoms. The summed E-state index contributed by atoms with van der Waals surface area (Å²) in [5.41, 5.74) is 2.33. The maximum absolute atomic E-state index is 12.6. The molecule has 7 heteroatoms. The van der Waals surface area contributed by atoms with E-state index in [9.17, 15) is 13.6 Å². The molecule has 1 fully saturated rings. The Kier molecular flexibility index (Phi) is 4.59. The Morgan fingerprint density at radius 1 is 1.22 bits per heavy atom. The Hall–Kier alpha value is -2.83. The average molecular weight is 370 g/mol. The van der Waals surface area contributed by atoms with Crippen molar-refractivity contribution in [1.29, 1.82) is 0 Å². The Morgan fingerprint density at radius 2 is 2.00 bits per heavy atom. The zero-order valence-electron chi connectivity index (χ0n) is 15.0. The van der Waals surface area contributed by atoms with Gasteiger partial charge in [0.05, 0.1) is 0 Å². The predicted molar refractivity (Wildman–Crippen MR) is 97.8 cm³/mol. The zero-order valence-corrected chi connectivity index (χ0v) is 15.0. The van der Waals surface area contributed by atoms with E-state index in [1.807, 2.05) is 12.3 Å². The number of fused-ring (bicyclic) bond motifs is 1. The van der Waals surface area contributed by atoms with Crippen LogP contribution in [0.2, 0.25) is 0 Å². The van der Waals surface area contributed by atoms with Gasteiger partial charge in [-0.3, -0.25) is 9.78 Å². The van der Waals surface area contributed by atoms with Crippen molar-refractivity contribution >= 4 is 16.7 Å². The summed E-state index contributed by atoms with van der Waals surface area (Å²) >= 11 is 0. The second-order valence-electron chi connectivity index (χ2n) is 6.93. The third-order valence-electron chi connectivity index (χ3n) is 5.23. The molecule has 2 aromatic heterocycles. The van der Waals surface area contributed by atoms with Gasteiger partial charge in [-0.05, 0) is 42.8 Å². The third-order valence-corrected chi connectivity index (χ3v) is 5.23. The second-order valence-corrected chi connectivity index (χ2v) is 6.93. The Balaban J connectivity index is 1.45. The summed E-state index contributed by atoms with van der Waals surface area (Å²) in [5, 5.41) is 6.00. The summed E-state index contributed by atoms with van der Waals surface area (Å²) in [6.07, 6.45) is 4.63. The van der Waals surface area contributed by atoms with Crippen molar-refractivity contribution in [3.8, 4) is 0 Å². The summed E-state index contributed by atoms with van der Waals surface area (Å²) in [7, 11) is 0. The molecule has 1 aliphatic heterocycles. The van der Waals surface area contributed by atoms with Crippen molar-refractivity contribution in [3.63, 3.8) is 0 Å². The number of benzene rings is 1. The van der Waals surface area contributed by atoms with Gasteiger partial charge in [-0.2, -0.15) is 13.9 Å². The number of hydrogen-bond acceptors (Lipinski definition) is 3. The Morgan fingerprint density at radius 3 is 2.70 bits per heavy atom. The van der Waals surface area contributed by atoms with Gasteiger partial charge in [0.25, 0.3) is 5.91 Å². The van der Waals surface area contributed by atoms with Crippen LogP contribution in [0.4, 0.5) is 8.78 Å². The van der Waals surface area contributed by atoms with E-state index in [2.05, 4.69) is 35.2 Å². The summed E-state index contributed by atoms with van der Waals surface area (Å²) in [4.78, 5) is 18.8. The van der Waals surface area contributed by atoms with E-state index in [4.69, 9.17) is 0 Å². The molecule has 0 saturated carbocycles. The van der Waals surface area contributed by atoms with E-state index < -0.39 is 6.55 Å². The number of nitrogens with zero attached hydrogens (tertiary/aromatic N) is 4. The van der Waals surface area contributed by atoms with Crippen molar-refractivity contribution in [2.45, 2.75) is 32.2 Å². The molecule has 0 unspecified atom stereocenters. The average Bonchev–Trinajstić information content (AvgIpc) is 3.18. The van der Waals surface area contributed by atoms with Gasteiger partial charge < -0.3 is 4.90 Å². The first-order chi connectivity index (χ1) is 13.0. The van der Waals surface area contributed by atoms with Gasteiger partial charge in [0.15, 0.2) is 5.69 Å². The molecule has 0 aliphatic carbocycles. The van der Waals surface area contributed by atoms with Crippen LogP contribution in [-0.4, -0.2) is 38.7 Å². The highest BCUT2D eigenvalue weighted by molar-refractivity contribution is 5.92. The number of halogens is 2. The van der Waals surface area contributed by atoms with E-state index in [-0.39, 0.29) is 17.5 Å². The van der Waals surface area contributed by atoms with Gasteiger partial charge in [-0.15, -0.1) is 0 Å². The lowest BCUT2D eigenvalue weighted by Crippen LogP contribution is -2.38. The molecule has 1 aromatic carbocycles. The van der Waals surface area contributed by atoms with Crippen molar-refractivity contribution in [1.82, 2.24) is 19.7 Å². The molecule has 0 atom stereocenters. The van der Waals surface area contributed by atoms with Crippen LogP contribution in [0.3, 0.4) is 0 Å². The monoisotopic (exact) mass is 370 g/mol. The SMILES string of the molecule is Cc1cccc2cnc(C3CCN(C(=O)c4ccn(C(F)F)n4)CC3)cc12. The quantitative estimate of drug-likeness (QED) is 0.696. The first kappa shape index (κ1) is 17.6. The highest BCUT2D eigenvalue weighted by Crippen LogP contribution is 2.30. The number of amides is 1. The van der Waals surface area contributed by atoms with Crippen molar-refractivity contribution in [2.75, 3.05) is 13.1 Å². The fourth-order valence-corrected chi connectivity index (χ4v) is 3.67. The van der Waals surface area contributed by atoms with Gasteiger partial charge in [-0.1, -0.05) is 18.2 Å². The van der Waals surface area contributed by atoms with E-state index >= 15 is 0 Å². The summed E-state index contributed by atoms with van der Waals surface area (Å²) < 4.78 is 25.8. The van der Waals surface area contributed by atoms with E-state index in [0.29, 0.717) is 17.8 Å². The van der Waals surface area contributed by atoms with Crippen LogP contribution in [0.15, 0.2) is 42.7 Å². The van der Waals surface area contributed by atoms with E-state index in [1.165, 1.54) is 17.0 Å². The van der Waals surface area contributed by atoms with Crippen molar-refractivity contribution in [2.24, 2.45) is 0 Å². The molecule has 3 aromatic rings. The topological polar surface area (TPSA) is 51.0 Å². The van der Waals surface area contributed by atoms with Crippen LogP contribution in [0.25, 0.3) is 10.8 Å². The Labute approximate surface area is 155 Å². The molecule has 140 valence electrons. The fraction of sp³-hybridized carbons (Fsp3) is 0.350. The Bertz CT molecular complexity index is 977. The molecule has 0 N–H and O–H groups in total. The van der Waals surface area contributed by atoms with Crippen LogP contribution in [0.5, 0.6) is 0 Å². The number of alkyl halides is 2. The molecule has 3 heterocycles. The van der Waals surface area contributed by atoms with Crippen LogP contribution < -0.4 is 0 Å². The molecule has 1 aliphatic rings. The molecule has 0 radical (unpaired) electrons. The lowest BCUT2D eigenvalue weighted by Gasteiger charge is -2.31. The number of aromatic nitrogens is 3. The molecular formula is C20H20F2N4O. The minimum absolute atomic E-state index is 0.0632. The molecule has 5 nitrogen and oxygen atoms in total. The van der Waals surface area contributed by atoms with Crippen LogP contribution in [0, 0.1) is 6.92 Å². The molecule has 0 bridgehead atoms. The number of likely N-dealkylation sites (tertiary alicyclic amines) is 1. The largest absolute Gasteiger partial charge is 0.337 e. The number of carbonyl (C=O) groups is 1. The lowest BCUT2D eigenvalue weighted by molar-refractivity contribution is 0.0547. The fourth-order valence-electron chi connectivity index (χ4n) is 3.67. The number of piperidine rings is 1. The molecule has 27 heavy (non-hydrogen) atoms. The second kappa shape index (κ2) is 7.06. The summed E-state index contributed by atoms with van der Waals surface area (Å²) in [5.74, 6) is -0.00755. The first-order valence-corrected chi connectivity index (χ1v) is 9.01. The maximum Gasteiger partial charge on any atom is 0.333 e. The number of carbonyl (C=O) groups excluding carboxylic acids is 1. The van der Waals surface area contributed by atoms with Gasteiger partial charge in [0.1, 0.15) is 0 Å². The normalized spacial score (nSPS) is 15.6. The molecule has 1 saturated heterocycles. The van der Waals surface area contributed by atoms with Gasteiger partial charge >= 0.3 is 6.55 Å². The minimum atomic E-state index is -2.74. The zero-order chi connectivity index (χ0) is 19.0. The summed E-state index contributed by atoms with van der Waals surface area (Å²) in [6, 6.07) is 9.66. The van der Waals surface area contributed by atoms with Gasteiger partial charge in [0, 0.05) is 42.5 Å². The highest BCUT2D eigenvalue weighted by Gasteiger charge is 2.27. The van der Waals surface area contributed by atoms with Crippen LogP contribution in [-0.2, 0) is 0 Å². The van der Waals surface area contributed by atoms with E-state index in [0.717, 1.165) is 30.1 Å². The lowest BCUT2D eigenvalue weighted by atomic mass is 9.91. The highest BCUT2D eigenvalue weighted by atomic mass is 19.3. The standard InChI is InChI=1S/C20H20F2N4O/c1-13-3-2-4-15-12-23-18(11-16(13)15)14-5-8-25(9-6-14)19(27)17-7-10-26(24-17)20(21)22/h2-4,7,10-12,14,20H,5-6,8-9H2,1H3. The van der Waals surface area contributed by atoms with Gasteiger partial charge in [0.2, 0.25) is 0 Å². The predicted octanol–water partition coefficient (Wildman–Crippen LogP) is 4.15. The maximum atomic E-state index is 12.6. The minimum Gasteiger partial charge on any atom is -0.337 e. The first-order valence-electron chi connectivity index (χ1n) is 9.01. The number of hydrogen-bond donors (Lipinski definition) is 0. The number of aryl methyl sites for hydroxylation is 1. The third kappa shape index (κ3) is 3.41. The molecule has 1 amide bonds. The molecular weight excluding hydrogens is 350 g/mol. The summed E-state index contributed by atoms with van der Waals surface area (Å²) in [6.45, 7) is 0.489.